The van der Waals surface area contributed by atoms with Crippen LogP contribution in [0.3, 0.4) is 0 Å². The minimum atomic E-state index is -1.09. The van der Waals surface area contributed by atoms with Crippen molar-refractivity contribution in [3.05, 3.63) is 77.5 Å². The molecule has 0 saturated carbocycles. The largest absolute Gasteiger partial charge is 0.512 e. The van der Waals surface area contributed by atoms with Crippen LogP contribution in [0.4, 0.5) is 20.3 Å². The maximum Gasteiger partial charge on any atom is 0.243 e. The Hall–Kier alpha value is -4.41. The van der Waals surface area contributed by atoms with Gasteiger partial charge in [0.05, 0.1) is 28.6 Å². The van der Waals surface area contributed by atoms with Crippen LogP contribution in [0.5, 0.6) is 0 Å². The number of amides is 2. The molecule has 0 unspecified atom stereocenters. The summed E-state index contributed by atoms with van der Waals surface area (Å²) >= 11 is 0. The summed E-state index contributed by atoms with van der Waals surface area (Å²) in [5.74, 6) is -2.72. The highest BCUT2D eigenvalue weighted by Crippen LogP contribution is 2.37. The monoisotopic (exact) mass is 538 g/mol. The van der Waals surface area contributed by atoms with Crippen molar-refractivity contribution in [3.8, 4) is 0 Å². The summed E-state index contributed by atoms with van der Waals surface area (Å²) in [5, 5.41) is 12.9. The zero-order valence-electron chi connectivity index (χ0n) is 22.6. The second kappa shape index (κ2) is 12.0. The number of likely N-dealkylation sites (tertiary alicyclic amines) is 1. The van der Waals surface area contributed by atoms with Crippen molar-refractivity contribution in [1.82, 2.24) is 20.2 Å². The Morgan fingerprint density at radius 1 is 1.38 bits per heavy atom. The summed E-state index contributed by atoms with van der Waals surface area (Å²) in [4.78, 5) is 40.6. The molecule has 2 aromatic heterocycles. The summed E-state index contributed by atoms with van der Waals surface area (Å²) in [6, 6.07) is 2.63. The lowest BCUT2D eigenvalue weighted by Crippen LogP contribution is -2.61. The smallest absolute Gasteiger partial charge is 0.243 e. The maximum absolute atomic E-state index is 15.6. The summed E-state index contributed by atoms with van der Waals surface area (Å²) in [6.07, 6.45) is 3.33. The Morgan fingerprint density at radius 3 is 2.56 bits per heavy atom. The van der Waals surface area contributed by atoms with Crippen molar-refractivity contribution in [2.45, 2.75) is 39.7 Å². The van der Waals surface area contributed by atoms with Crippen LogP contribution in [0, 0.1) is 12.7 Å². The molecule has 1 fully saturated rings. The second-order valence-electron chi connectivity index (χ2n) is 9.41. The molecule has 3 heterocycles. The molecule has 1 saturated heterocycles. The molecule has 39 heavy (non-hydrogen) atoms. The van der Waals surface area contributed by atoms with E-state index < -0.39 is 28.7 Å². The van der Waals surface area contributed by atoms with Gasteiger partial charge < -0.3 is 15.3 Å². The second-order valence-corrected chi connectivity index (χ2v) is 9.41. The van der Waals surface area contributed by atoms with Crippen molar-refractivity contribution in [1.29, 1.82) is 0 Å². The molecule has 0 aromatic carbocycles. The van der Waals surface area contributed by atoms with Crippen molar-refractivity contribution in [3.63, 3.8) is 0 Å². The molecule has 0 bridgehead atoms. The van der Waals surface area contributed by atoms with E-state index in [1.54, 1.807) is 24.1 Å². The predicted octanol–water partition coefficient (Wildman–Crippen LogP) is 4.48. The van der Waals surface area contributed by atoms with E-state index in [0.717, 1.165) is 6.07 Å². The van der Waals surface area contributed by atoms with Gasteiger partial charge in [-0.2, -0.15) is 0 Å². The fourth-order valence-electron chi connectivity index (χ4n) is 4.45. The zero-order chi connectivity index (χ0) is 29.0. The number of rotatable bonds is 9. The van der Waals surface area contributed by atoms with Gasteiger partial charge in [0, 0.05) is 26.3 Å². The first-order chi connectivity index (χ1) is 18.4. The van der Waals surface area contributed by atoms with Gasteiger partial charge in [-0.3, -0.25) is 24.5 Å². The number of aliphatic imine (C=N–C) groups is 1. The average molecular weight is 539 g/mol. The van der Waals surface area contributed by atoms with Gasteiger partial charge in [0.15, 0.2) is 11.6 Å². The third-order valence-electron chi connectivity index (χ3n) is 6.27. The van der Waals surface area contributed by atoms with E-state index in [2.05, 4.69) is 33.4 Å². The number of aryl methyl sites for hydroxylation is 1. The van der Waals surface area contributed by atoms with Gasteiger partial charge in [-0.1, -0.05) is 27.0 Å². The molecule has 2 amide bonds. The van der Waals surface area contributed by atoms with Crippen molar-refractivity contribution in [2.75, 3.05) is 25.0 Å². The molecule has 11 heteroatoms. The van der Waals surface area contributed by atoms with Crippen molar-refractivity contribution < 1.29 is 23.5 Å². The first-order valence-electron chi connectivity index (χ1n) is 12.3. The van der Waals surface area contributed by atoms with Crippen molar-refractivity contribution in [2.24, 2.45) is 4.99 Å². The minimum Gasteiger partial charge on any atom is -0.512 e. The van der Waals surface area contributed by atoms with Crippen LogP contribution >= 0.6 is 0 Å². The molecule has 206 valence electrons. The maximum atomic E-state index is 15.6. The molecule has 3 rings (SSSR count). The van der Waals surface area contributed by atoms with Gasteiger partial charge in [-0.05, 0) is 43.5 Å². The molecule has 0 atom stereocenters. The van der Waals surface area contributed by atoms with E-state index in [-0.39, 0.29) is 29.2 Å². The molecule has 9 nitrogen and oxygen atoms in total. The van der Waals surface area contributed by atoms with Gasteiger partial charge in [0.2, 0.25) is 12.3 Å². The van der Waals surface area contributed by atoms with E-state index in [9.17, 15) is 19.1 Å². The number of hydrogen-bond acceptors (Lipinski definition) is 6. The highest BCUT2D eigenvalue weighted by molar-refractivity contribution is 6.07. The molecule has 0 radical (unpaired) electrons. The Morgan fingerprint density at radius 2 is 2.05 bits per heavy atom. The first kappa shape index (κ1) is 29.2. The Balaban J connectivity index is 2.27. The standard InChI is InChI=1S/C28H32F2N6O3/c1-8-22(39)33-19-12-35(13-19)27(31-7)20-11-21(30)25(23(17(5)29)18(6)38)34-28(20)36(14-37)26-16(4)9-10-32-24(26)15(2)3/h8-11,14-15,19,38H,1,5,12-13H2,2-4,6-7H3,(H,33,39)/b23-18-,31-27+. The molecular formula is C28H32F2N6O3. The van der Waals surface area contributed by atoms with Crippen LogP contribution in [0.15, 0.2) is 54.1 Å². The lowest BCUT2D eigenvalue weighted by atomic mass is 10.0. The van der Waals surface area contributed by atoms with E-state index in [1.807, 2.05) is 13.8 Å². The number of allylic oxidation sites excluding steroid dienone is 3. The van der Waals surface area contributed by atoms with E-state index in [4.69, 9.17) is 0 Å². The highest BCUT2D eigenvalue weighted by Gasteiger charge is 2.34. The highest BCUT2D eigenvalue weighted by atomic mass is 19.1. The van der Waals surface area contributed by atoms with Crippen LogP contribution in [-0.4, -0.2) is 64.3 Å². The number of nitrogens with zero attached hydrogens (tertiary/aromatic N) is 5. The van der Waals surface area contributed by atoms with Crippen LogP contribution in [0.1, 0.15) is 49.2 Å². The number of aliphatic hydroxyl groups excluding tert-OH is 1. The Kier molecular flexibility index (Phi) is 8.95. The number of nitrogens with one attached hydrogen (secondary N) is 1. The number of amidine groups is 1. The Labute approximate surface area is 226 Å². The molecular weight excluding hydrogens is 506 g/mol. The molecule has 1 aliphatic heterocycles. The lowest BCUT2D eigenvalue weighted by molar-refractivity contribution is -0.117. The zero-order valence-corrected chi connectivity index (χ0v) is 22.6. The van der Waals surface area contributed by atoms with Gasteiger partial charge in [-0.15, -0.1) is 0 Å². The van der Waals surface area contributed by atoms with Crippen molar-refractivity contribution >= 4 is 35.2 Å². The number of pyridine rings is 2. The number of hydrogen-bond donors (Lipinski definition) is 2. The van der Waals surface area contributed by atoms with Crippen LogP contribution in [-0.2, 0) is 9.59 Å². The fourth-order valence-corrected chi connectivity index (χ4v) is 4.45. The number of anilines is 2. The first-order valence-corrected chi connectivity index (χ1v) is 12.3. The van der Waals surface area contributed by atoms with Gasteiger partial charge in [-0.25, -0.2) is 13.8 Å². The van der Waals surface area contributed by atoms with E-state index >= 15 is 4.39 Å². The predicted molar refractivity (Wildman–Crippen MR) is 147 cm³/mol. The van der Waals surface area contributed by atoms with Crippen LogP contribution in [0.2, 0.25) is 0 Å². The molecule has 1 aliphatic rings. The molecule has 0 aliphatic carbocycles. The minimum absolute atomic E-state index is 0.0430. The molecule has 2 N–H and O–H groups in total. The molecule has 2 aromatic rings. The van der Waals surface area contributed by atoms with E-state index in [1.165, 1.54) is 24.9 Å². The summed E-state index contributed by atoms with van der Waals surface area (Å²) < 4.78 is 29.9. The molecule has 0 spiro atoms. The Bertz CT molecular complexity index is 1380. The fraction of sp³-hybridized carbons (Fsp3) is 0.321. The van der Waals surface area contributed by atoms with Gasteiger partial charge >= 0.3 is 0 Å². The number of aliphatic hydroxyl groups is 1. The number of halogens is 2. The third-order valence-corrected chi connectivity index (χ3v) is 6.27. The number of carbonyl (C=O) groups excluding carboxylic acids is 2. The normalized spacial score (nSPS) is 14.5. The quantitative estimate of drug-likeness (QED) is 0.122. The van der Waals surface area contributed by atoms with Gasteiger partial charge in [0.25, 0.3) is 0 Å². The SMILES string of the molecule is C=CC(=O)NC1CN(/C(=N/C)c2cc(F)c(/C(C(=C)F)=C(/C)O)nc2N(C=O)c2c(C)ccnc2C(C)C)C1. The average Bonchev–Trinajstić information content (AvgIpc) is 2.85. The third kappa shape index (κ3) is 5.87. The van der Waals surface area contributed by atoms with Gasteiger partial charge in [0.1, 0.15) is 23.1 Å². The van der Waals surface area contributed by atoms with Crippen LogP contribution < -0.4 is 10.2 Å². The lowest BCUT2D eigenvalue weighted by Gasteiger charge is -2.42. The summed E-state index contributed by atoms with van der Waals surface area (Å²) in [7, 11) is 1.51. The summed E-state index contributed by atoms with van der Waals surface area (Å²) in [5.41, 5.74) is 0.844. The topological polar surface area (TPSA) is 111 Å². The number of carbonyl (C=O) groups is 2. The van der Waals surface area contributed by atoms with Crippen LogP contribution in [0.25, 0.3) is 5.57 Å². The summed E-state index contributed by atoms with van der Waals surface area (Å²) in [6.45, 7) is 14.2. The van der Waals surface area contributed by atoms with E-state index in [0.29, 0.717) is 42.3 Å². The number of aromatic nitrogens is 2.